The predicted molar refractivity (Wildman–Crippen MR) is 53.4 cm³/mol. The van der Waals surface area contributed by atoms with Crippen molar-refractivity contribution in [1.29, 1.82) is 5.26 Å². The van der Waals surface area contributed by atoms with Gasteiger partial charge in [-0.05, 0) is 10.8 Å². The smallest absolute Gasteiger partial charge is 0.211 e. The molecule has 2 rings (SSSR count). The number of hydrogen-bond donors (Lipinski definition) is 0. The van der Waals surface area contributed by atoms with Crippen molar-refractivity contribution in [3.63, 3.8) is 0 Å². The SMILES string of the molecule is N#CC(F)c1cccc2ccccc12. The van der Waals surface area contributed by atoms with E-state index < -0.39 is 6.17 Å². The van der Waals surface area contributed by atoms with Crippen molar-refractivity contribution >= 4 is 10.8 Å². The van der Waals surface area contributed by atoms with Crippen LogP contribution in [0.15, 0.2) is 42.5 Å². The van der Waals surface area contributed by atoms with Crippen molar-refractivity contribution in [2.45, 2.75) is 6.17 Å². The lowest BCUT2D eigenvalue weighted by Gasteiger charge is -2.04. The molecule has 2 aromatic rings. The highest BCUT2D eigenvalue weighted by Gasteiger charge is 2.10. The van der Waals surface area contributed by atoms with Crippen molar-refractivity contribution in [3.8, 4) is 6.07 Å². The second-order valence-electron chi connectivity index (χ2n) is 3.06. The molecule has 1 atom stereocenters. The molecule has 0 fully saturated rings. The summed E-state index contributed by atoms with van der Waals surface area (Å²) in [6.45, 7) is 0. The number of halogens is 1. The molecule has 2 heteroatoms. The molecule has 0 aliphatic carbocycles. The molecule has 0 saturated heterocycles. The Labute approximate surface area is 81.4 Å². The molecular formula is C12H8FN. The third kappa shape index (κ3) is 1.33. The van der Waals surface area contributed by atoms with E-state index in [4.69, 9.17) is 5.26 Å². The van der Waals surface area contributed by atoms with Gasteiger partial charge >= 0.3 is 0 Å². The fourth-order valence-corrected chi connectivity index (χ4v) is 1.54. The second kappa shape index (κ2) is 3.47. The first-order valence-electron chi connectivity index (χ1n) is 4.34. The van der Waals surface area contributed by atoms with Gasteiger partial charge in [-0.1, -0.05) is 42.5 Å². The molecular weight excluding hydrogens is 177 g/mol. The molecule has 14 heavy (non-hydrogen) atoms. The van der Waals surface area contributed by atoms with Crippen LogP contribution >= 0.6 is 0 Å². The van der Waals surface area contributed by atoms with Crippen LogP contribution in [0, 0.1) is 11.3 Å². The van der Waals surface area contributed by atoms with Gasteiger partial charge in [0.1, 0.15) is 6.07 Å². The van der Waals surface area contributed by atoms with Gasteiger partial charge in [0.2, 0.25) is 6.17 Å². The first kappa shape index (κ1) is 8.71. The number of benzene rings is 2. The maximum atomic E-state index is 13.2. The number of rotatable bonds is 1. The van der Waals surface area contributed by atoms with Crippen LogP contribution in [0.3, 0.4) is 0 Å². The zero-order valence-corrected chi connectivity index (χ0v) is 7.44. The standard InChI is InChI=1S/C12H8FN/c13-12(8-14)11-7-3-5-9-4-1-2-6-10(9)11/h1-7,12H. The van der Waals surface area contributed by atoms with Crippen molar-refractivity contribution in [1.82, 2.24) is 0 Å². The third-order valence-electron chi connectivity index (χ3n) is 2.21. The Morgan fingerprint density at radius 2 is 1.79 bits per heavy atom. The highest BCUT2D eigenvalue weighted by molar-refractivity contribution is 5.86. The largest absolute Gasteiger partial charge is 0.226 e. The van der Waals surface area contributed by atoms with Crippen molar-refractivity contribution in [3.05, 3.63) is 48.0 Å². The maximum Gasteiger partial charge on any atom is 0.211 e. The molecule has 0 aliphatic heterocycles. The van der Waals surface area contributed by atoms with E-state index in [1.54, 1.807) is 18.2 Å². The minimum atomic E-state index is -1.54. The summed E-state index contributed by atoms with van der Waals surface area (Å²) in [7, 11) is 0. The van der Waals surface area contributed by atoms with Crippen LogP contribution in [0.1, 0.15) is 11.7 Å². The van der Waals surface area contributed by atoms with Crippen LogP contribution in [-0.4, -0.2) is 0 Å². The maximum absolute atomic E-state index is 13.2. The number of nitriles is 1. The molecule has 0 amide bonds. The van der Waals surface area contributed by atoms with Crippen LogP contribution in [0.2, 0.25) is 0 Å². The van der Waals surface area contributed by atoms with E-state index in [0.29, 0.717) is 5.56 Å². The highest BCUT2D eigenvalue weighted by atomic mass is 19.1. The molecule has 0 spiro atoms. The predicted octanol–water partition coefficient (Wildman–Crippen LogP) is 3.37. The van der Waals surface area contributed by atoms with Gasteiger partial charge in [0.25, 0.3) is 0 Å². The summed E-state index contributed by atoms with van der Waals surface area (Å²) in [6.07, 6.45) is -1.54. The summed E-state index contributed by atoms with van der Waals surface area (Å²) in [5, 5.41) is 10.3. The zero-order chi connectivity index (χ0) is 9.97. The normalized spacial score (nSPS) is 12.3. The minimum absolute atomic E-state index is 0.450. The lowest BCUT2D eigenvalue weighted by molar-refractivity contribution is 0.426. The van der Waals surface area contributed by atoms with Crippen LogP contribution in [0.5, 0.6) is 0 Å². The van der Waals surface area contributed by atoms with Crippen LogP contribution < -0.4 is 0 Å². The molecule has 1 unspecified atom stereocenters. The summed E-state index contributed by atoms with van der Waals surface area (Å²) in [4.78, 5) is 0. The van der Waals surface area contributed by atoms with Gasteiger partial charge in [-0.3, -0.25) is 0 Å². The molecule has 1 nitrogen and oxygen atoms in total. The topological polar surface area (TPSA) is 23.8 Å². The van der Waals surface area contributed by atoms with Gasteiger partial charge in [0.15, 0.2) is 0 Å². The van der Waals surface area contributed by atoms with Crippen molar-refractivity contribution in [2.24, 2.45) is 0 Å². The summed E-state index contributed by atoms with van der Waals surface area (Å²) < 4.78 is 13.2. The third-order valence-corrected chi connectivity index (χ3v) is 2.21. The van der Waals surface area contributed by atoms with Gasteiger partial charge in [0.05, 0.1) is 0 Å². The first-order valence-corrected chi connectivity index (χ1v) is 4.34. The Hall–Kier alpha value is -1.88. The first-order chi connectivity index (χ1) is 6.83. The van der Waals surface area contributed by atoms with Gasteiger partial charge < -0.3 is 0 Å². The number of hydrogen-bond acceptors (Lipinski definition) is 1. The van der Waals surface area contributed by atoms with E-state index in [9.17, 15) is 4.39 Å². The van der Waals surface area contributed by atoms with E-state index in [0.717, 1.165) is 10.8 Å². The van der Waals surface area contributed by atoms with E-state index in [1.807, 2.05) is 30.3 Å². The zero-order valence-electron chi connectivity index (χ0n) is 7.44. The number of nitrogens with zero attached hydrogens (tertiary/aromatic N) is 1. The van der Waals surface area contributed by atoms with Gasteiger partial charge in [-0.2, -0.15) is 5.26 Å². The number of fused-ring (bicyclic) bond motifs is 1. The van der Waals surface area contributed by atoms with Gasteiger partial charge in [0, 0.05) is 5.56 Å². The Bertz CT molecular complexity index is 494. The molecule has 2 aromatic carbocycles. The quantitative estimate of drug-likeness (QED) is 0.668. The van der Waals surface area contributed by atoms with Crippen LogP contribution in [-0.2, 0) is 0 Å². The van der Waals surface area contributed by atoms with E-state index >= 15 is 0 Å². The fraction of sp³-hybridized carbons (Fsp3) is 0.0833. The van der Waals surface area contributed by atoms with Crippen LogP contribution in [0.25, 0.3) is 10.8 Å². The van der Waals surface area contributed by atoms with Crippen LogP contribution in [0.4, 0.5) is 4.39 Å². The molecule has 0 radical (unpaired) electrons. The average Bonchev–Trinajstić information content (AvgIpc) is 2.27. The molecule has 0 saturated carbocycles. The second-order valence-corrected chi connectivity index (χ2v) is 3.06. The van der Waals surface area contributed by atoms with Gasteiger partial charge in [-0.15, -0.1) is 0 Å². The van der Waals surface area contributed by atoms with E-state index in [1.165, 1.54) is 0 Å². The van der Waals surface area contributed by atoms with E-state index in [2.05, 4.69) is 0 Å². The van der Waals surface area contributed by atoms with Crippen molar-refractivity contribution < 1.29 is 4.39 Å². The molecule has 0 aromatic heterocycles. The number of alkyl halides is 1. The van der Waals surface area contributed by atoms with Crippen molar-refractivity contribution in [2.75, 3.05) is 0 Å². The fourth-order valence-electron chi connectivity index (χ4n) is 1.54. The molecule has 0 aliphatic rings. The minimum Gasteiger partial charge on any atom is -0.226 e. The molecule has 0 N–H and O–H groups in total. The Morgan fingerprint density at radius 3 is 2.57 bits per heavy atom. The average molecular weight is 185 g/mol. The summed E-state index contributed by atoms with van der Waals surface area (Å²) in [5.74, 6) is 0. The molecule has 0 bridgehead atoms. The lowest BCUT2D eigenvalue weighted by Crippen LogP contribution is -1.88. The Balaban J connectivity index is 2.72. The highest BCUT2D eigenvalue weighted by Crippen LogP contribution is 2.25. The van der Waals surface area contributed by atoms with Gasteiger partial charge in [-0.25, -0.2) is 4.39 Å². The molecule has 68 valence electrons. The summed E-state index contributed by atoms with van der Waals surface area (Å²) in [6, 6.07) is 14.4. The Morgan fingerprint density at radius 1 is 1.07 bits per heavy atom. The summed E-state index contributed by atoms with van der Waals surface area (Å²) >= 11 is 0. The Kier molecular flexibility index (Phi) is 2.16. The van der Waals surface area contributed by atoms with E-state index in [-0.39, 0.29) is 0 Å². The lowest BCUT2D eigenvalue weighted by atomic mass is 10.0. The summed E-state index contributed by atoms with van der Waals surface area (Å²) in [5.41, 5.74) is 0.450. The molecule has 0 heterocycles. The monoisotopic (exact) mass is 185 g/mol.